The van der Waals surface area contributed by atoms with Crippen LogP contribution in [-0.2, 0) is 17.9 Å². The molecule has 8 heteroatoms. The molecule has 0 unspecified atom stereocenters. The molecule has 27 heavy (non-hydrogen) atoms. The van der Waals surface area contributed by atoms with Crippen LogP contribution in [-0.4, -0.2) is 51.0 Å². The normalized spacial score (nSPS) is 10.4. The van der Waals surface area contributed by atoms with Gasteiger partial charge in [-0.05, 0) is 22.9 Å². The summed E-state index contributed by atoms with van der Waals surface area (Å²) in [5.41, 5.74) is 2.35. The van der Waals surface area contributed by atoms with E-state index < -0.39 is 0 Å². The number of aromatic nitrogens is 4. The Kier molecular flexibility index (Phi) is 5.55. The van der Waals surface area contributed by atoms with Gasteiger partial charge in [-0.25, -0.2) is 0 Å². The van der Waals surface area contributed by atoms with Crippen molar-refractivity contribution >= 4 is 11.8 Å². The van der Waals surface area contributed by atoms with Gasteiger partial charge in [-0.2, -0.15) is 4.80 Å². The summed E-state index contributed by atoms with van der Waals surface area (Å²) in [4.78, 5) is 26.9. The second-order valence-corrected chi connectivity index (χ2v) is 6.04. The molecule has 0 radical (unpaired) electrons. The molecule has 8 nitrogen and oxygen atoms in total. The molecular weight excluding hydrogens is 344 g/mol. The van der Waals surface area contributed by atoms with Crippen molar-refractivity contribution in [2.75, 3.05) is 14.1 Å². The number of nitrogens with zero attached hydrogens (tertiary/aromatic N) is 5. The van der Waals surface area contributed by atoms with Crippen molar-refractivity contribution in [3.8, 4) is 11.4 Å². The maximum atomic E-state index is 12.4. The number of amides is 2. The minimum atomic E-state index is -0.141. The standard InChI is InChI=1S/C19H20N6O2/c1-20-19(27)16-10-8-14(9-11-16)12-24(2)17(26)13-25-22-18(21-23-25)15-6-4-3-5-7-15/h3-11H,12-13H2,1-2H3,(H,20,27). The van der Waals surface area contributed by atoms with E-state index in [1.54, 1.807) is 31.1 Å². The first-order chi connectivity index (χ1) is 13.1. The Labute approximate surface area is 156 Å². The second kappa shape index (κ2) is 8.22. The maximum absolute atomic E-state index is 12.4. The van der Waals surface area contributed by atoms with E-state index in [2.05, 4.69) is 20.7 Å². The van der Waals surface area contributed by atoms with E-state index in [4.69, 9.17) is 0 Å². The Bertz CT molecular complexity index is 921. The van der Waals surface area contributed by atoms with Crippen LogP contribution in [0.5, 0.6) is 0 Å². The SMILES string of the molecule is CNC(=O)c1ccc(CN(C)C(=O)Cn2nnc(-c3ccccc3)n2)cc1. The van der Waals surface area contributed by atoms with Crippen molar-refractivity contribution in [2.24, 2.45) is 0 Å². The van der Waals surface area contributed by atoms with Gasteiger partial charge in [0.25, 0.3) is 5.91 Å². The number of nitrogens with one attached hydrogen (secondary N) is 1. The highest BCUT2D eigenvalue weighted by molar-refractivity contribution is 5.93. The molecular formula is C19H20N6O2. The zero-order chi connectivity index (χ0) is 19.2. The summed E-state index contributed by atoms with van der Waals surface area (Å²) in [5.74, 6) is 0.204. The Morgan fingerprint density at radius 3 is 2.44 bits per heavy atom. The molecule has 2 aromatic carbocycles. The van der Waals surface area contributed by atoms with Crippen LogP contribution in [0.4, 0.5) is 0 Å². The van der Waals surface area contributed by atoms with Crippen molar-refractivity contribution in [1.29, 1.82) is 0 Å². The van der Waals surface area contributed by atoms with Crippen molar-refractivity contribution in [3.05, 3.63) is 65.7 Å². The van der Waals surface area contributed by atoms with Crippen molar-refractivity contribution < 1.29 is 9.59 Å². The molecule has 0 atom stereocenters. The Hall–Kier alpha value is -3.55. The number of hydrogen-bond donors (Lipinski definition) is 1. The van der Waals surface area contributed by atoms with E-state index in [0.29, 0.717) is 17.9 Å². The molecule has 2 amide bonds. The molecule has 1 N–H and O–H groups in total. The van der Waals surface area contributed by atoms with Gasteiger partial charge in [-0.3, -0.25) is 9.59 Å². The molecule has 0 saturated heterocycles. The number of benzene rings is 2. The van der Waals surface area contributed by atoms with E-state index in [-0.39, 0.29) is 18.4 Å². The van der Waals surface area contributed by atoms with E-state index in [9.17, 15) is 9.59 Å². The molecule has 3 aromatic rings. The first-order valence-corrected chi connectivity index (χ1v) is 8.45. The molecule has 3 rings (SSSR count). The number of likely N-dealkylation sites (N-methyl/N-ethyl adjacent to an activating group) is 1. The summed E-state index contributed by atoms with van der Waals surface area (Å²) in [6.07, 6.45) is 0. The average molecular weight is 364 g/mol. The third-order valence-electron chi connectivity index (χ3n) is 4.05. The minimum Gasteiger partial charge on any atom is -0.355 e. The van der Waals surface area contributed by atoms with Crippen LogP contribution in [0, 0.1) is 0 Å². The van der Waals surface area contributed by atoms with Crippen LogP contribution in [0.2, 0.25) is 0 Å². The zero-order valence-electron chi connectivity index (χ0n) is 15.2. The smallest absolute Gasteiger partial charge is 0.251 e. The van der Waals surface area contributed by atoms with E-state index >= 15 is 0 Å². The van der Waals surface area contributed by atoms with Gasteiger partial charge in [-0.1, -0.05) is 42.5 Å². The molecule has 138 valence electrons. The van der Waals surface area contributed by atoms with Gasteiger partial charge in [0.2, 0.25) is 11.7 Å². The van der Waals surface area contributed by atoms with E-state index in [1.165, 1.54) is 4.80 Å². The fourth-order valence-corrected chi connectivity index (χ4v) is 2.52. The second-order valence-electron chi connectivity index (χ2n) is 6.04. The van der Waals surface area contributed by atoms with Gasteiger partial charge >= 0.3 is 0 Å². The van der Waals surface area contributed by atoms with Crippen LogP contribution in [0.1, 0.15) is 15.9 Å². The van der Waals surface area contributed by atoms with E-state index in [1.807, 2.05) is 42.5 Å². The summed E-state index contributed by atoms with van der Waals surface area (Å²) < 4.78 is 0. The van der Waals surface area contributed by atoms with Crippen molar-refractivity contribution in [1.82, 2.24) is 30.4 Å². The molecule has 0 spiro atoms. The van der Waals surface area contributed by atoms with Crippen molar-refractivity contribution in [2.45, 2.75) is 13.1 Å². The Balaban J connectivity index is 1.59. The van der Waals surface area contributed by atoms with Gasteiger partial charge in [0, 0.05) is 31.8 Å². The Morgan fingerprint density at radius 1 is 1.07 bits per heavy atom. The largest absolute Gasteiger partial charge is 0.355 e. The molecule has 0 fully saturated rings. The van der Waals surface area contributed by atoms with Gasteiger partial charge in [0.1, 0.15) is 6.54 Å². The van der Waals surface area contributed by atoms with Gasteiger partial charge in [0.05, 0.1) is 0 Å². The predicted octanol–water partition coefficient (Wildman–Crippen LogP) is 1.36. The molecule has 0 saturated carbocycles. The van der Waals surface area contributed by atoms with Crippen LogP contribution in [0.15, 0.2) is 54.6 Å². The summed E-state index contributed by atoms with van der Waals surface area (Å²) >= 11 is 0. The van der Waals surface area contributed by atoms with Crippen LogP contribution >= 0.6 is 0 Å². The summed E-state index contributed by atoms with van der Waals surface area (Å²) in [6.45, 7) is 0.430. The highest BCUT2D eigenvalue weighted by atomic mass is 16.2. The first kappa shape index (κ1) is 18.2. The van der Waals surface area contributed by atoms with Gasteiger partial charge < -0.3 is 10.2 Å². The maximum Gasteiger partial charge on any atom is 0.251 e. The fourth-order valence-electron chi connectivity index (χ4n) is 2.52. The van der Waals surface area contributed by atoms with Gasteiger partial charge in [0.15, 0.2) is 0 Å². The number of rotatable bonds is 6. The highest BCUT2D eigenvalue weighted by Gasteiger charge is 2.13. The number of carbonyl (C=O) groups is 2. The molecule has 0 aliphatic heterocycles. The summed E-state index contributed by atoms with van der Waals surface area (Å²) in [6, 6.07) is 16.6. The lowest BCUT2D eigenvalue weighted by molar-refractivity contribution is -0.131. The van der Waals surface area contributed by atoms with Crippen LogP contribution < -0.4 is 5.32 Å². The average Bonchev–Trinajstić information content (AvgIpc) is 3.17. The molecule has 1 aromatic heterocycles. The predicted molar refractivity (Wildman–Crippen MR) is 99.6 cm³/mol. The summed E-state index contributed by atoms with van der Waals surface area (Å²) in [5, 5.41) is 14.8. The minimum absolute atomic E-state index is 0.00660. The molecule has 0 aliphatic rings. The van der Waals surface area contributed by atoms with Crippen LogP contribution in [0.25, 0.3) is 11.4 Å². The zero-order valence-corrected chi connectivity index (χ0v) is 15.2. The van der Waals surface area contributed by atoms with Crippen LogP contribution in [0.3, 0.4) is 0 Å². The lowest BCUT2D eigenvalue weighted by Gasteiger charge is -2.17. The molecule has 1 heterocycles. The van der Waals surface area contributed by atoms with Crippen molar-refractivity contribution in [3.63, 3.8) is 0 Å². The molecule has 0 aliphatic carbocycles. The monoisotopic (exact) mass is 364 g/mol. The lowest BCUT2D eigenvalue weighted by atomic mass is 10.1. The number of tetrazole rings is 1. The number of hydrogen-bond acceptors (Lipinski definition) is 5. The van der Waals surface area contributed by atoms with Gasteiger partial charge in [-0.15, -0.1) is 10.2 Å². The Morgan fingerprint density at radius 2 is 1.78 bits per heavy atom. The lowest BCUT2D eigenvalue weighted by Crippen LogP contribution is -2.30. The summed E-state index contributed by atoms with van der Waals surface area (Å²) in [7, 11) is 3.30. The van der Waals surface area contributed by atoms with E-state index in [0.717, 1.165) is 11.1 Å². The third-order valence-corrected chi connectivity index (χ3v) is 4.05. The number of carbonyl (C=O) groups excluding carboxylic acids is 2. The highest BCUT2D eigenvalue weighted by Crippen LogP contribution is 2.12. The topological polar surface area (TPSA) is 93.0 Å². The quantitative estimate of drug-likeness (QED) is 0.713. The fraction of sp³-hybridized carbons (Fsp3) is 0.211. The third kappa shape index (κ3) is 4.55. The molecule has 0 bridgehead atoms. The first-order valence-electron chi connectivity index (χ1n) is 8.45.